The second-order valence-electron chi connectivity index (χ2n) is 10.4. The SMILES string of the molecule is C#C[C@]1(OC=O)CC[C@H]2[C@@H]3CC[C@H]4Cc5oc(C=O)cc5C[C@]4(C)[C@H]3CC[C@@]21C. The van der Waals surface area contributed by atoms with Gasteiger partial charge in [0.25, 0.3) is 6.47 Å². The number of ether oxygens (including phenoxy) is 1. The second-order valence-corrected chi connectivity index (χ2v) is 10.4. The number of carbonyl (C=O) groups is 2. The minimum Gasteiger partial charge on any atom is -0.458 e. The lowest BCUT2D eigenvalue weighted by molar-refractivity contribution is -0.162. The van der Waals surface area contributed by atoms with Crippen LogP contribution in [0.2, 0.25) is 0 Å². The van der Waals surface area contributed by atoms with Crippen LogP contribution >= 0.6 is 0 Å². The van der Waals surface area contributed by atoms with E-state index in [4.69, 9.17) is 15.6 Å². The third-order valence-corrected chi connectivity index (χ3v) is 9.70. The van der Waals surface area contributed by atoms with Crippen molar-refractivity contribution in [3.63, 3.8) is 0 Å². The highest BCUT2D eigenvalue weighted by Crippen LogP contribution is 2.68. The highest BCUT2D eigenvalue weighted by atomic mass is 16.5. The first kappa shape index (κ1) is 19.0. The Morgan fingerprint density at radius 3 is 2.69 bits per heavy atom. The summed E-state index contributed by atoms with van der Waals surface area (Å²) in [6, 6.07) is 1.96. The van der Waals surface area contributed by atoms with Gasteiger partial charge in [-0.2, -0.15) is 0 Å². The second kappa shape index (κ2) is 6.24. The van der Waals surface area contributed by atoms with Gasteiger partial charge in [0.05, 0.1) is 0 Å². The van der Waals surface area contributed by atoms with Crippen LogP contribution in [0.4, 0.5) is 0 Å². The van der Waals surface area contributed by atoms with Crippen molar-refractivity contribution >= 4 is 12.8 Å². The summed E-state index contributed by atoms with van der Waals surface area (Å²) in [6.07, 6.45) is 15.1. The van der Waals surface area contributed by atoms with E-state index in [0.717, 1.165) is 50.6 Å². The molecule has 0 spiro atoms. The van der Waals surface area contributed by atoms with Crippen molar-refractivity contribution in [1.29, 1.82) is 0 Å². The van der Waals surface area contributed by atoms with Crippen LogP contribution in [0, 0.1) is 46.8 Å². The molecule has 5 rings (SSSR count). The van der Waals surface area contributed by atoms with E-state index in [0.29, 0.717) is 35.9 Å². The number of aldehydes is 1. The first-order chi connectivity index (χ1) is 13.9. The molecule has 0 unspecified atom stereocenters. The van der Waals surface area contributed by atoms with Crippen LogP contribution in [0.5, 0.6) is 0 Å². The quantitative estimate of drug-likeness (QED) is 0.556. The Labute approximate surface area is 172 Å². The Hall–Kier alpha value is -2.02. The summed E-state index contributed by atoms with van der Waals surface area (Å²) in [5.74, 6) is 6.78. The van der Waals surface area contributed by atoms with Gasteiger partial charge >= 0.3 is 0 Å². The van der Waals surface area contributed by atoms with Crippen molar-refractivity contribution in [2.45, 2.75) is 70.8 Å². The summed E-state index contributed by atoms with van der Waals surface area (Å²) in [6.45, 7) is 5.30. The Bertz CT molecular complexity index is 893. The van der Waals surface area contributed by atoms with E-state index in [-0.39, 0.29) is 10.8 Å². The number of hydrogen-bond acceptors (Lipinski definition) is 4. The Morgan fingerprint density at radius 1 is 1.17 bits per heavy atom. The molecule has 0 amide bonds. The first-order valence-corrected chi connectivity index (χ1v) is 11.1. The van der Waals surface area contributed by atoms with E-state index in [9.17, 15) is 9.59 Å². The Balaban J connectivity index is 1.48. The molecule has 0 N–H and O–H groups in total. The molecule has 0 saturated heterocycles. The van der Waals surface area contributed by atoms with Crippen LogP contribution in [0.25, 0.3) is 0 Å². The van der Waals surface area contributed by atoms with Crippen molar-refractivity contribution in [1.82, 2.24) is 0 Å². The molecule has 1 aromatic heterocycles. The average Bonchev–Trinajstić information content (AvgIpc) is 3.24. The van der Waals surface area contributed by atoms with Gasteiger partial charge in [0, 0.05) is 11.8 Å². The maximum atomic E-state index is 11.3. The summed E-state index contributed by atoms with van der Waals surface area (Å²) >= 11 is 0. The molecule has 4 aliphatic rings. The van der Waals surface area contributed by atoms with Crippen LogP contribution < -0.4 is 0 Å². The molecule has 0 radical (unpaired) electrons. The molecule has 3 saturated carbocycles. The van der Waals surface area contributed by atoms with Gasteiger partial charge in [-0.1, -0.05) is 19.8 Å². The van der Waals surface area contributed by atoms with Gasteiger partial charge in [0.1, 0.15) is 5.76 Å². The highest BCUT2D eigenvalue weighted by molar-refractivity contribution is 5.71. The smallest absolute Gasteiger partial charge is 0.294 e. The molecular formula is C25H30O4. The molecule has 7 atom stereocenters. The van der Waals surface area contributed by atoms with Crippen LogP contribution in [0.1, 0.15) is 74.3 Å². The lowest BCUT2D eigenvalue weighted by Gasteiger charge is -2.60. The normalized spacial score (nSPS) is 45.1. The number of rotatable bonds is 3. The molecule has 1 aromatic rings. The predicted molar refractivity (Wildman–Crippen MR) is 108 cm³/mol. The zero-order valence-corrected chi connectivity index (χ0v) is 17.4. The van der Waals surface area contributed by atoms with Crippen molar-refractivity contribution in [2.75, 3.05) is 0 Å². The van der Waals surface area contributed by atoms with Crippen molar-refractivity contribution in [2.24, 2.45) is 34.5 Å². The van der Waals surface area contributed by atoms with E-state index < -0.39 is 5.60 Å². The molecular weight excluding hydrogens is 364 g/mol. The molecule has 154 valence electrons. The Morgan fingerprint density at radius 2 is 1.97 bits per heavy atom. The van der Waals surface area contributed by atoms with E-state index >= 15 is 0 Å². The number of terminal acetylenes is 1. The van der Waals surface area contributed by atoms with Crippen LogP contribution in [-0.2, 0) is 22.4 Å². The topological polar surface area (TPSA) is 56.5 Å². The fourth-order valence-electron chi connectivity index (χ4n) is 8.19. The summed E-state index contributed by atoms with van der Waals surface area (Å²) < 4.78 is 11.4. The maximum Gasteiger partial charge on any atom is 0.294 e. The molecule has 4 nitrogen and oxygen atoms in total. The zero-order valence-electron chi connectivity index (χ0n) is 17.4. The molecule has 1 heterocycles. The fourth-order valence-corrected chi connectivity index (χ4v) is 8.19. The van der Waals surface area contributed by atoms with Crippen LogP contribution in [0.3, 0.4) is 0 Å². The van der Waals surface area contributed by atoms with Gasteiger partial charge in [0.2, 0.25) is 0 Å². The number of fused-ring (bicyclic) bond motifs is 6. The molecule has 0 aromatic carbocycles. The number of furan rings is 1. The third-order valence-electron chi connectivity index (χ3n) is 9.70. The lowest BCUT2D eigenvalue weighted by Crippen LogP contribution is -2.57. The van der Waals surface area contributed by atoms with Gasteiger partial charge in [-0.15, -0.1) is 6.42 Å². The molecule has 0 aliphatic heterocycles. The molecule has 0 bridgehead atoms. The standard InChI is InChI=1S/C25H30O4/c1-4-25(28-15-27)10-8-21-19-6-5-17-12-22-16(11-18(14-26)29-22)13-23(17,2)20(19)7-9-24(21,25)3/h1,11,14-15,17,19-21H,5-10,12-13H2,2-3H3/t17-,19+,20-,21-,23-,24-,25-/m0/s1. The summed E-state index contributed by atoms with van der Waals surface area (Å²) in [5, 5.41) is 0. The van der Waals surface area contributed by atoms with Crippen molar-refractivity contribution in [3.05, 3.63) is 23.2 Å². The molecule has 3 fully saturated rings. The molecule has 4 aliphatic carbocycles. The highest BCUT2D eigenvalue weighted by Gasteiger charge is 2.66. The van der Waals surface area contributed by atoms with Gasteiger partial charge in [0.15, 0.2) is 17.6 Å². The molecule has 29 heavy (non-hydrogen) atoms. The van der Waals surface area contributed by atoms with E-state index in [1.807, 2.05) is 6.07 Å². The lowest BCUT2D eigenvalue weighted by atomic mass is 9.44. The van der Waals surface area contributed by atoms with Crippen molar-refractivity contribution in [3.8, 4) is 12.3 Å². The zero-order chi connectivity index (χ0) is 20.4. The maximum absolute atomic E-state index is 11.3. The number of hydrogen-bond donors (Lipinski definition) is 0. The summed E-state index contributed by atoms with van der Waals surface area (Å²) in [5.41, 5.74) is 0.584. The summed E-state index contributed by atoms with van der Waals surface area (Å²) in [7, 11) is 0. The monoisotopic (exact) mass is 394 g/mol. The predicted octanol–water partition coefficient (Wildman–Crippen LogP) is 4.59. The fraction of sp³-hybridized carbons (Fsp3) is 0.680. The molecule has 4 heteroatoms. The van der Waals surface area contributed by atoms with E-state index in [1.165, 1.54) is 18.4 Å². The van der Waals surface area contributed by atoms with E-state index in [1.54, 1.807) is 0 Å². The van der Waals surface area contributed by atoms with Crippen molar-refractivity contribution < 1.29 is 18.7 Å². The average molecular weight is 395 g/mol. The Kier molecular flexibility index (Phi) is 4.08. The van der Waals surface area contributed by atoms with Crippen LogP contribution in [0.15, 0.2) is 10.5 Å². The third kappa shape index (κ3) is 2.34. The van der Waals surface area contributed by atoms with Gasteiger partial charge < -0.3 is 9.15 Å². The minimum atomic E-state index is -0.745. The van der Waals surface area contributed by atoms with Gasteiger partial charge in [-0.3, -0.25) is 9.59 Å². The number of carbonyl (C=O) groups excluding carboxylic acids is 2. The van der Waals surface area contributed by atoms with Crippen LogP contribution in [-0.4, -0.2) is 18.4 Å². The van der Waals surface area contributed by atoms with Gasteiger partial charge in [-0.25, -0.2) is 0 Å². The minimum absolute atomic E-state index is 0.132. The first-order valence-electron chi connectivity index (χ1n) is 11.1. The van der Waals surface area contributed by atoms with Gasteiger partial charge in [-0.05, 0) is 85.7 Å². The van der Waals surface area contributed by atoms with E-state index in [2.05, 4.69) is 19.8 Å². The summed E-state index contributed by atoms with van der Waals surface area (Å²) in [4.78, 5) is 22.5. The largest absolute Gasteiger partial charge is 0.458 e.